The maximum absolute atomic E-state index is 13.4. The Kier molecular flexibility index (Phi) is 5.54. The van der Waals surface area contributed by atoms with Gasteiger partial charge in [0.05, 0.1) is 10.7 Å². The summed E-state index contributed by atoms with van der Waals surface area (Å²) in [5.41, 5.74) is -2.34. The lowest BCUT2D eigenvalue weighted by Crippen LogP contribution is -2.49. The summed E-state index contributed by atoms with van der Waals surface area (Å²) in [6.45, 7) is 1.51. The first-order valence-corrected chi connectivity index (χ1v) is 10.4. The van der Waals surface area contributed by atoms with Crippen molar-refractivity contribution in [3.63, 3.8) is 0 Å². The Hall–Kier alpha value is -2.31. The van der Waals surface area contributed by atoms with Crippen LogP contribution in [0.3, 0.4) is 0 Å². The second-order valence-corrected chi connectivity index (χ2v) is 8.81. The number of nitrogens with zero attached hydrogens (tertiary/aromatic N) is 1. The smallest absolute Gasteiger partial charge is 0.343 e. The molecule has 1 amide bonds. The normalized spacial score (nSPS) is 15.7. The molecule has 7 nitrogen and oxygen atoms in total. The molecule has 1 aliphatic carbocycles. The fourth-order valence-electron chi connectivity index (χ4n) is 2.84. The van der Waals surface area contributed by atoms with Crippen LogP contribution in [0.5, 0.6) is 0 Å². The maximum Gasteiger partial charge on any atom is 0.407 e. The molecule has 0 radical (unpaired) electrons. The molecule has 1 saturated carbocycles. The quantitative estimate of drug-likeness (QED) is 0.564. The molecule has 13 heteroatoms. The van der Waals surface area contributed by atoms with E-state index in [1.807, 2.05) is 4.72 Å². The van der Waals surface area contributed by atoms with Crippen molar-refractivity contribution in [3.05, 3.63) is 46.5 Å². The summed E-state index contributed by atoms with van der Waals surface area (Å²) in [5, 5.41) is 2.19. The van der Waals surface area contributed by atoms with Crippen LogP contribution < -0.4 is 14.8 Å². The number of aromatic nitrogens is 1. The van der Waals surface area contributed by atoms with Gasteiger partial charge in [-0.15, -0.1) is 0 Å². The van der Waals surface area contributed by atoms with Crippen molar-refractivity contribution >= 4 is 39.1 Å². The lowest BCUT2D eigenvalue weighted by atomic mass is 10.2. The number of rotatable bonds is 6. The Balaban J connectivity index is 1.80. The third kappa shape index (κ3) is 4.40. The summed E-state index contributed by atoms with van der Waals surface area (Å²) in [6.07, 6.45) is -4.32. The largest absolute Gasteiger partial charge is 0.407 e. The number of aryl methyl sites for hydroxylation is 2. The highest BCUT2D eigenvalue weighted by Gasteiger charge is 2.65. The minimum Gasteiger partial charge on any atom is -0.343 e. The lowest BCUT2D eigenvalue weighted by Gasteiger charge is -2.20. The molecule has 1 heterocycles. The third-order valence-electron chi connectivity index (χ3n) is 4.62. The van der Waals surface area contributed by atoms with Crippen LogP contribution in [0.2, 0.25) is 5.02 Å². The molecule has 1 aromatic heterocycles. The molecule has 0 aliphatic heterocycles. The molecule has 164 valence electrons. The summed E-state index contributed by atoms with van der Waals surface area (Å²) >= 11 is 6.11. The van der Waals surface area contributed by atoms with Crippen molar-refractivity contribution in [1.29, 1.82) is 0 Å². The Morgan fingerprint density at radius 3 is 2.43 bits per heavy atom. The highest BCUT2D eigenvalue weighted by molar-refractivity contribution is 7.90. The Labute approximate surface area is 174 Å². The number of hydrogen-bond acceptors (Lipinski definition) is 3. The molecular formula is C17H17ClF4N4O3S. The fraction of sp³-hybridized carbons (Fsp3) is 0.353. The minimum absolute atomic E-state index is 0.145. The second kappa shape index (κ2) is 7.43. The molecule has 1 aromatic carbocycles. The van der Waals surface area contributed by atoms with Crippen LogP contribution in [-0.4, -0.2) is 30.6 Å². The van der Waals surface area contributed by atoms with Gasteiger partial charge in [-0.05, 0) is 43.5 Å². The SMILES string of the molecule is Cc1cc(NC(=O)c2c(Cl)c(NS(=O)(=O)NC3(C(F)(F)F)CC3)cn2C)ccc1F. The van der Waals surface area contributed by atoms with Gasteiger partial charge in [0.25, 0.3) is 16.1 Å². The van der Waals surface area contributed by atoms with Gasteiger partial charge in [0.15, 0.2) is 0 Å². The zero-order valence-corrected chi connectivity index (χ0v) is 17.3. The first-order valence-electron chi connectivity index (χ1n) is 8.55. The van der Waals surface area contributed by atoms with Crippen LogP contribution in [-0.2, 0) is 17.3 Å². The minimum atomic E-state index is -4.74. The van der Waals surface area contributed by atoms with E-state index in [1.54, 1.807) is 4.72 Å². The highest BCUT2D eigenvalue weighted by atomic mass is 35.5. The van der Waals surface area contributed by atoms with Gasteiger partial charge in [-0.2, -0.15) is 26.3 Å². The van der Waals surface area contributed by atoms with E-state index in [4.69, 9.17) is 11.6 Å². The van der Waals surface area contributed by atoms with E-state index in [-0.39, 0.29) is 34.9 Å². The van der Waals surface area contributed by atoms with Crippen LogP contribution >= 0.6 is 11.6 Å². The molecule has 3 N–H and O–H groups in total. The van der Waals surface area contributed by atoms with E-state index >= 15 is 0 Å². The van der Waals surface area contributed by atoms with Gasteiger partial charge >= 0.3 is 6.18 Å². The van der Waals surface area contributed by atoms with Crippen LogP contribution in [0.4, 0.5) is 28.9 Å². The number of halogens is 5. The van der Waals surface area contributed by atoms with Crippen LogP contribution in [0.1, 0.15) is 28.9 Å². The number of amides is 1. The van der Waals surface area contributed by atoms with Gasteiger partial charge in [-0.1, -0.05) is 11.6 Å². The fourth-order valence-corrected chi connectivity index (χ4v) is 4.54. The Morgan fingerprint density at radius 1 is 1.27 bits per heavy atom. The average Bonchev–Trinajstić information content (AvgIpc) is 3.31. The van der Waals surface area contributed by atoms with Crippen molar-refractivity contribution in [2.75, 3.05) is 10.0 Å². The summed E-state index contributed by atoms with van der Waals surface area (Å²) in [4.78, 5) is 12.5. The predicted octanol–water partition coefficient (Wildman–Crippen LogP) is 3.72. The van der Waals surface area contributed by atoms with Crippen LogP contribution in [0.15, 0.2) is 24.4 Å². The molecule has 0 bridgehead atoms. The number of carbonyl (C=O) groups is 1. The number of carbonyl (C=O) groups excluding carboxylic acids is 1. The highest BCUT2D eigenvalue weighted by Crippen LogP contribution is 2.49. The third-order valence-corrected chi connectivity index (χ3v) is 6.15. The van der Waals surface area contributed by atoms with E-state index in [2.05, 4.69) is 5.32 Å². The van der Waals surface area contributed by atoms with Gasteiger partial charge in [-0.25, -0.2) is 4.39 Å². The molecule has 0 spiro atoms. The Bertz CT molecular complexity index is 1110. The first kappa shape index (κ1) is 22.4. The van der Waals surface area contributed by atoms with Crippen molar-refractivity contribution in [1.82, 2.24) is 9.29 Å². The van der Waals surface area contributed by atoms with Crippen molar-refractivity contribution in [3.8, 4) is 0 Å². The summed E-state index contributed by atoms with van der Waals surface area (Å²) < 4.78 is 81.5. The van der Waals surface area contributed by atoms with Gasteiger partial charge in [-0.3, -0.25) is 9.52 Å². The standard InChI is InChI=1S/C17H17ClF4N4O3S/c1-9-7-10(3-4-11(9)19)23-15(27)14-13(18)12(8-26(14)2)24-30(28,29)25-16(5-6-16)17(20,21)22/h3-4,7-8,24-25H,5-6H2,1-2H3,(H,23,27). The molecule has 1 aliphatic rings. The van der Waals surface area contributed by atoms with E-state index in [9.17, 15) is 30.8 Å². The molecule has 30 heavy (non-hydrogen) atoms. The van der Waals surface area contributed by atoms with Gasteiger partial charge in [0.1, 0.15) is 17.1 Å². The number of benzene rings is 1. The second-order valence-electron chi connectivity index (χ2n) is 7.02. The molecule has 0 unspecified atom stereocenters. The summed E-state index contributed by atoms with van der Waals surface area (Å²) in [6, 6.07) is 3.89. The topological polar surface area (TPSA) is 92.2 Å². The Morgan fingerprint density at radius 2 is 1.90 bits per heavy atom. The van der Waals surface area contributed by atoms with Crippen LogP contribution in [0, 0.1) is 12.7 Å². The molecule has 0 saturated heterocycles. The first-order chi connectivity index (χ1) is 13.7. The zero-order valence-electron chi connectivity index (χ0n) is 15.7. The van der Waals surface area contributed by atoms with E-state index in [0.717, 1.165) is 12.3 Å². The number of hydrogen-bond donors (Lipinski definition) is 3. The van der Waals surface area contributed by atoms with Gasteiger partial charge in [0, 0.05) is 18.9 Å². The molecule has 1 fully saturated rings. The van der Waals surface area contributed by atoms with E-state index in [1.165, 1.54) is 30.7 Å². The molecule has 0 atom stereocenters. The lowest BCUT2D eigenvalue weighted by molar-refractivity contribution is -0.160. The summed E-state index contributed by atoms with van der Waals surface area (Å²) in [7, 11) is -3.22. The monoisotopic (exact) mass is 468 g/mol. The zero-order chi connectivity index (χ0) is 22.5. The number of nitrogens with one attached hydrogen (secondary N) is 3. The molecule has 3 rings (SSSR count). The van der Waals surface area contributed by atoms with Crippen LogP contribution in [0.25, 0.3) is 0 Å². The maximum atomic E-state index is 13.4. The van der Waals surface area contributed by atoms with Gasteiger partial charge in [0.2, 0.25) is 0 Å². The van der Waals surface area contributed by atoms with Crippen molar-refractivity contribution in [2.24, 2.45) is 7.05 Å². The molecular weight excluding hydrogens is 452 g/mol. The van der Waals surface area contributed by atoms with Crippen molar-refractivity contribution in [2.45, 2.75) is 31.5 Å². The predicted molar refractivity (Wildman–Crippen MR) is 103 cm³/mol. The number of alkyl halides is 3. The number of anilines is 2. The van der Waals surface area contributed by atoms with Crippen molar-refractivity contribution < 1.29 is 30.8 Å². The summed E-state index contributed by atoms with van der Waals surface area (Å²) in [5.74, 6) is -1.18. The van der Waals surface area contributed by atoms with E-state index < -0.39 is 33.6 Å². The molecule has 2 aromatic rings. The average molecular weight is 469 g/mol. The van der Waals surface area contributed by atoms with Gasteiger partial charge < -0.3 is 9.88 Å². The van der Waals surface area contributed by atoms with E-state index in [0.29, 0.717) is 5.56 Å².